The Bertz CT molecular complexity index is 1330. The number of para-hydroxylation sites is 1. The van der Waals surface area contributed by atoms with Crippen molar-refractivity contribution in [2.45, 2.75) is 31.9 Å². The number of halogens is 3. The Labute approximate surface area is 194 Å². The summed E-state index contributed by atoms with van der Waals surface area (Å²) >= 11 is 0. The monoisotopic (exact) mass is 465 g/mol. The van der Waals surface area contributed by atoms with Gasteiger partial charge >= 0.3 is 6.18 Å². The molecule has 0 saturated heterocycles. The van der Waals surface area contributed by atoms with Crippen LogP contribution in [0.25, 0.3) is 22.4 Å². The fourth-order valence-electron chi connectivity index (χ4n) is 3.79. The molecule has 5 rings (SSSR count). The van der Waals surface area contributed by atoms with Crippen LogP contribution in [0.15, 0.2) is 66.7 Å². The molecule has 0 atom stereocenters. The molecule has 4 aromatic rings. The van der Waals surface area contributed by atoms with E-state index in [1.54, 1.807) is 24.3 Å². The van der Waals surface area contributed by atoms with Gasteiger partial charge in [0.2, 0.25) is 5.91 Å². The van der Waals surface area contributed by atoms with Crippen LogP contribution in [0, 0.1) is 5.92 Å². The number of ether oxygens (including phenoxy) is 1. The highest BCUT2D eigenvalue weighted by Gasteiger charge is 2.34. The number of carbonyl (C=O) groups excluding carboxylic acids is 1. The lowest BCUT2D eigenvalue weighted by atomic mass is 10.2. The van der Waals surface area contributed by atoms with Crippen molar-refractivity contribution in [1.82, 2.24) is 9.97 Å². The second kappa shape index (κ2) is 8.85. The quantitative estimate of drug-likeness (QED) is 0.304. The summed E-state index contributed by atoms with van der Waals surface area (Å²) in [6, 6.07) is 17.2. The molecule has 3 aromatic carbocycles. The van der Waals surface area contributed by atoms with Crippen LogP contribution in [0.3, 0.4) is 0 Å². The van der Waals surface area contributed by atoms with E-state index in [9.17, 15) is 18.0 Å². The van der Waals surface area contributed by atoms with Crippen molar-refractivity contribution in [3.63, 3.8) is 0 Å². The van der Waals surface area contributed by atoms with Crippen molar-refractivity contribution in [3.05, 3.63) is 72.3 Å². The van der Waals surface area contributed by atoms with Gasteiger partial charge in [0, 0.05) is 17.7 Å². The third kappa shape index (κ3) is 5.06. The van der Waals surface area contributed by atoms with Gasteiger partial charge in [0.25, 0.3) is 0 Å². The average molecular weight is 465 g/mol. The maximum atomic E-state index is 13.2. The molecule has 1 amide bonds. The number of aromatic nitrogens is 2. The van der Waals surface area contributed by atoms with Gasteiger partial charge in [-0.15, -0.1) is 0 Å². The first-order valence-corrected chi connectivity index (χ1v) is 11.1. The minimum atomic E-state index is -4.50. The number of fused-ring (bicyclic) bond motifs is 1. The van der Waals surface area contributed by atoms with Crippen LogP contribution in [0.2, 0.25) is 0 Å². The first-order chi connectivity index (χ1) is 16.3. The fraction of sp³-hybridized carbons (Fsp3) is 0.231. The number of hydrogen-bond acceptors (Lipinski definition) is 3. The van der Waals surface area contributed by atoms with Gasteiger partial charge in [0.05, 0.1) is 16.6 Å². The molecule has 0 unspecified atom stereocenters. The van der Waals surface area contributed by atoms with E-state index in [1.165, 1.54) is 31.0 Å². The van der Waals surface area contributed by atoms with Crippen molar-refractivity contribution in [3.8, 4) is 22.9 Å². The molecular formula is C26H22F3N3O2. The summed E-state index contributed by atoms with van der Waals surface area (Å²) < 4.78 is 45.1. The number of nitrogens with zero attached hydrogens (tertiary/aromatic N) is 1. The minimum absolute atomic E-state index is 0.00803. The van der Waals surface area contributed by atoms with E-state index >= 15 is 0 Å². The van der Waals surface area contributed by atoms with Crippen LogP contribution in [0.5, 0.6) is 11.5 Å². The largest absolute Gasteiger partial charge is 0.457 e. The molecule has 34 heavy (non-hydrogen) atoms. The van der Waals surface area contributed by atoms with Gasteiger partial charge in [-0.05, 0) is 66.9 Å². The normalized spacial score (nSPS) is 13.7. The molecule has 0 radical (unpaired) electrons. The minimum Gasteiger partial charge on any atom is -0.457 e. The van der Waals surface area contributed by atoms with Crippen LogP contribution < -0.4 is 10.1 Å². The second-order valence-electron chi connectivity index (χ2n) is 8.47. The van der Waals surface area contributed by atoms with E-state index in [0.717, 1.165) is 29.1 Å². The SMILES string of the molecule is O=C(CCC1CC1)Nc1ccc2nc(-c3ccc(Oc4ccccc4C(F)(F)F)cc3)[nH]c2c1. The van der Waals surface area contributed by atoms with E-state index < -0.39 is 11.7 Å². The number of carbonyl (C=O) groups is 1. The maximum absolute atomic E-state index is 13.2. The number of imidazole rings is 1. The van der Waals surface area contributed by atoms with Crippen LogP contribution >= 0.6 is 0 Å². The first kappa shape index (κ1) is 22.0. The molecule has 1 fully saturated rings. The predicted molar refractivity (Wildman–Crippen MR) is 124 cm³/mol. The molecular weight excluding hydrogens is 443 g/mol. The van der Waals surface area contributed by atoms with Gasteiger partial charge in [0.15, 0.2) is 0 Å². The van der Waals surface area contributed by atoms with Crippen molar-refractivity contribution in [2.75, 3.05) is 5.32 Å². The molecule has 0 aliphatic heterocycles. The summed E-state index contributed by atoms with van der Waals surface area (Å²) in [5.41, 5.74) is 2.14. The summed E-state index contributed by atoms with van der Waals surface area (Å²) in [6.45, 7) is 0. The highest BCUT2D eigenvalue weighted by atomic mass is 19.4. The molecule has 2 N–H and O–H groups in total. The molecule has 174 valence electrons. The van der Waals surface area contributed by atoms with Gasteiger partial charge in [0.1, 0.15) is 17.3 Å². The predicted octanol–water partition coefficient (Wildman–Crippen LogP) is 7.17. The summed E-state index contributed by atoms with van der Waals surface area (Å²) in [7, 11) is 0. The van der Waals surface area contributed by atoms with Crippen LogP contribution in [0.1, 0.15) is 31.2 Å². The molecule has 1 aliphatic rings. The van der Waals surface area contributed by atoms with E-state index in [1.807, 2.05) is 18.2 Å². The van der Waals surface area contributed by atoms with E-state index in [0.29, 0.717) is 23.9 Å². The summed E-state index contributed by atoms with van der Waals surface area (Å²) in [5, 5.41) is 2.93. The van der Waals surface area contributed by atoms with Crippen molar-refractivity contribution in [2.24, 2.45) is 5.92 Å². The Kier molecular flexibility index (Phi) is 5.73. The lowest BCUT2D eigenvalue weighted by Crippen LogP contribution is -2.11. The number of H-pyrrole nitrogens is 1. The molecule has 1 saturated carbocycles. The third-order valence-electron chi connectivity index (χ3n) is 5.79. The van der Waals surface area contributed by atoms with E-state index in [-0.39, 0.29) is 17.4 Å². The number of nitrogens with one attached hydrogen (secondary N) is 2. The Morgan fingerprint density at radius 2 is 1.82 bits per heavy atom. The van der Waals surface area contributed by atoms with Crippen LogP contribution in [0.4, 0.5) is 18.9 Å². The van der Waals surface area contributed by atoms with Gasteiger partial charge in [-0.2, -0.15) is 13.2 Å². The number of benzene rings is 3. The Morgan fingerprint density at radius 3 is 2.56 bits per heavy atom. The molecule has 0 spiro atoms. The topological polar surface area (TPSA) is 67.0 Å². The van der Waals surface area contributed by atoms with E-state index in [4.69, 9.17) is 4.74 Å². The van der Waals surface area contributed by atoms with Crippen LogP contribution in [-0.2, 0) is 11.0 Å². The standard InChI is InChI=1S/C26H22F3N3O2/c27-26(28,29)20-3-1-2-4-23(20)34-19-11-8-17(9-12-19)25-31-21-13-10-18(15-22(21)32-25)30-24(33)14-7-16-5-6-16/h1-4,8-13,15-16H,5-7,14H2,(H,30,33)(H,31,32). The average Bonchev–Trinajstić information content (AvgIpc) is 3.55. The van der Waals surface area contributed by atoms with Crippen molar-refractivity contribution < 1.29 is 22.7 Å². The van der Waals surface area contributed by atoms with Gasteiger partial charge in [-0.3, -0.25) is 4.79 Å². The molecule has 1 heterocycles. The lowest BCUT2D eigenvalue weighted by molar-refractivity contribution is -0.138. The number of rotatable bonds is 7. The second-order valence-corrected chi connectivity index (χ2v) is 8.47. The Hall–Kier alpha value is -3.81. The Balaban J connectivity index is 1.30. The smallest absolute Gasteiger partial charge is 0.419 e. The highest BCUT2D eigenvalue weighted by Crippen LogP contribution is 2.38. The number of anilines is 1. The summed E-state index contributed by atoms with van der Waals surface area (Å²) in [6.07, 6.45) is -0.586. The number of alkyl halides is 3. The molecule has 0 bridgehead atoms. The zero-order valence-electron chi connectivity index (χ0n) is 18.2. The van der Waals surface area contributed by atoms with Gasteiger partial charge in [-0.25, -0.2) is 4.98 Å². The van der Waals surface area contributed by atoms with Gasteiger partial charge in [-0.1, -0.05) is 25.0 Å². The summed E-state index contributed by atoms with van der Waals surface area (Å²) in [4.78, 5) is 19.9. The number of amides is 1. The Morgan fingerprint density at radius 1 is 1.06 bits per heavy atom. The highest BCUT2D eigenvalue weighted by molar-refractivity contribution is 5.93. The van der Waals surface area contributed by atoms with Crippen molar-refractivity contribution >= 4 is 22.6 Å². The maximum Gasteiger partial charge on any atom is 0.419 e. The zero-order valence-corrected chi connectivity index (χ0v) is 18.2. The fourth-order valence-corrected chi connectivity index (χ4v) is 3.79. The van der Waals surface area contributed by atoms with Crippen molar-refractivity contribution in [1.29, 1.82) is 0 Å². The lowest BCUT2D eigenvalue weighted by Gasteiger charge is -2.13. The molecule has 1 aromatic heterocycles. The van der Waals surface area contributed by atoms with Gasteiger partial charge < -0.3 is 15.0 Å². The zero-order chi connectivity index (χ0) is 23.7. The number of aromatic amines is 1. The first-order valence-electron chi connectivity index (χ1n) is 11.1. The third-order valence-corrected chi connectivity index (χ3v) is 5.79. The molecule has 1 aliphatic carbocycles. The van der Waals surface area contributed by atoms with E-state index in [2.05, 4.69) is 15.3 Å². The summed E-state index contributed by atoms with van der Waals surface area (Å²) in [5.74, 6) is 1.36. The van der Waals surface area contributed by atoms with Crippen LogP contribution in [-0.4, -0.2) is 15.9 Å². The molecule has 5 nitrogen and oxygen atoms in total. The number of hydrogen-bond donors (Lipinski definition) is 2. The molecule has 8 heteroatoms.